The van der Waals surface area contributed by atoms with Crippen LogP contribution in [0, 0.1) is 11.8 Å². The van der Waals surface area contributed by atoms with Crippen LogP contribution < -0.4 is 6.15 Å². The number of nitrogens with zero attached hydrogens (tertiary/aromatic N) is 1. The molecule has 28 heavy (non-hydrogen) atoms. The second kappa shape index (κ2) is 14.1. The van der Waals surface area contributed by atoms with E-state index in [4.69, 9.17) is 4.52 Å². The monoisotopic (exact) mass is 425 g/mol. The number of likely N-dealkylation sites (N-methyl/N-ethyl adjacent to an activating group) is 1. The summed E-state index contributed by atoms with van der Waals surface area (Å²) in [6.07, 6.45) is 10.3. The highest BCUT2D eigenvalue weighted by atomic mass is 31.2. The van der Waals surface area contributed by atoms with Crippen molar-refractivity contribution in [2.24, 2.45) is 11.8 Å². The predicted molar refractivity (Wildman–Crippen MR) is 120 cm³/mol. The van der Waals surface area contributed by atoms with Gasteiger partial charge in [0.05, 0.1) is 21.1 Å². The molecule has 2 unspecified atom stereocenters. The number of quaternary nitrogens is 1. The SMILES string of the molecule is CCCCC(CC)CC(CC(CC)CCCC)(C[N+](C)(C)C)OP(=O)(O)O.N. The maximum atomic E-state index is 12.0. The van der Waals surface area contributed by atoms with E-state index >= 15 is 0 Å². The summed E-state index contributed by atoms with van der Waals surface area (Å²) in [5.41, 5.74) is -0.778. The first kappa shape index (κ1) is 30.2. The molecule has 0 spiro atoms. The number of hydrogen-bond acceptors (Lipinski definition) is 3. The smallest absolute Gasteiger partial charge is 0.344 e. The number of rotatable bonds is 16. The van der Waals surface area contributed by atoms with Crippen LogP contribution in [-0.4, -0.2) is 47.6 Å². The maximum Gasteiger partial charge on any atom is 0.470 e. The third-order valence-corrected chi connectivity index (χ3v) is 6.11. The van der Waals surface area contributed by atoms with Gasteiger partial charge in [-0.15, -0.1) is 0 Å². The molecule has 0 aliphatic heterocycles. The molecule has 0 aromatic carbocycles. The molecule has 172 valence electrons. The van der Waals surface area contributed by atoms with Crippen LogP contribution in [0.25, 0.3) is 0 Å². The standard InChI is InChI=1S/C21H46NO4P.H3N/c1-8-12-14-19(10-3)16-21(18-22(5,6)7,26-27(23,24)25)17-20(11-4)15-13-9-2;/h19-20H,8-18H2,1-7H3,(H-,23,24,25);1H3/p+1. The molecule has 0 bridgehead atoms. The summed E-state index contributed by atoms with van der Waals surface area (Å²) >= 11 is 0. The molecule has 0 rings (SSSR count). The Morgan fingerprint density at radius 2 is 1.29 bits per heavy atom. The number of phosphoric acid groups is 1. The van der Waals surface area contributed by atoms with Crippen molar-refractivity contribution in [1.82, 2.24) is 6.15 Å². The summed E-state index contributed by atoms with van der Waals surface area (Å²) in [7, 11) is 1.67. The van der Waals surface area contributed by atoms with Gasteiger partial charge < -0.3 is 20.4 Å². The van der Waals surface area contributed by atoms with Crippen molar-refractivity contribution in [1.29, 1.82) is 0 Å². The zero-order chi connectivity index (χ0) is 21.1. The minimum atomic E-state index is -4.57. The van der Waals surface area contributed by atoms with E-state index in [9.17, 15) is 14.4 Å². The lowest BCUT2D eigenvalue weighted by molar-refractivity contribution is -0.877. The Balaban J connectivity index is 0. The zero-order valence-corrected chi connectivity index (χ0v) is 20.6. The Hall–Kier alpha value is 0.0300. The average molecular weight is 426 g/mol. The highest BCUT2D eigenvalue weighted by Crippen LogP contribution is 2.48. The topological polar surface area (TPSA) is 102 Å². The lowest BCUT2D eigenvalue weighted by Crippen LogP contribution is -2.52. The second-order valence-electron chi connectivity index (χ2n) is 9.45. The first-order valence-electron chi connectivity index (χ1n) is 11.0. The van der Waals surface area contributed by atoms with E-state index in [1.54, 1.807) is 0 Å². The van der Waals surface area contributed by atoms with Crippen molar-refractivity contribution in [2.75, 3.05) is 27.7 Å². The molecule has 0 aromatic heterocycles. The fourth-order valence-corrected chi connectivity index (χ4v) is 5.08. The fourth-order valence-electron chi connectivity index (χ4n) is 4.37. The van der Waals surface area contributed by atoms with Gasteiger partial charge in [0.1, 0.15) is 12.1 Å². The van der Waals surface area contributed by atoms with Gasteiger partial charge in [0.25, 0.3) is 0 Å². The van der Waals surface area contributed by atoms with Crippen LogP contribution in [0.4, 0.5) is 0 Å². The molecule has 0 aliphatic carbocycles. The second-order valence-corrected chi connectivity index (χ2v) is 10.6. The minimum absolute atomic E-state index is 0. The van der Waals surface area contributed by atoms with Crippen LogP contribution in [-0.2, 0) is 9.09 Å². The summed E-state index contributed by atoms with van der Waals surface area (Å²) in [4.78, 5) is 19.5. The lowest BCUT2D eigenvalue weighted by atomic mass is 9.78. The van der Waals surface area contributed by atoms with E-state index in [2.05, 4.69) is 48.8 Å². The van der Waals surface area contributed by atoms with Crippen LogP contribution in [0.15, 0.2) is 0 Å². The third kappa shape index (κ3) is 14.1. The molecule has 0 amide bonds. The molecule has 0 aromatic rings. The van der Waals surface area contributed by atoms with Crippen molar-refractivity contribution in [2.45, 2.75) is 97.5 Å². The van der Waals surface area contributed by atoms with Crippen molar-refractivity contribution in [3.05, 3.63) is 0 Å². The molecule has 5 N–H and O–H groups in total. The van der Waals surface area contributed by atoms with E-state index in [-0.39, 0.29) is 6.15 Å². The molecule has 2 atom stereocenters. The summed E-state index contributed by atoms with van der Waals surface area (Å²) < 4.78 is 18.3. The van der Waals surface area contributed by atoms with Gasteiger partial charge in [-0.25, -0.2) is 4.57 Å². The van der Waals surface area contributed by atoms with Gasteiger partial charge in [-0.3, -0.25) is 4.52 Å². The Morgan fingerprint density at radius 3 is 1.54 bits per heavy atom. The van der Waals surface area contributed by atoms with Gasteiger partial charge in [-0.1, -0.05) is 79.1 Å². The van der Waals surface area contributed by atoms with Crippen LogP contribution in [0.5, 0.6) is 0 Å². The van der Waals surface area contributed by atoms with Crippen LogP contribution in [0.1, 0.15) is 91.9 Å². The molecule has 7 heteroatoms. The molecule has 0 aliphatic rings. The zero-order valence-electron chi connectivity index (χ0n) is 19.7. The summed E-state index contributed by atoms with van der Waals surface area (Å²) in [6.45, 7) is 9.36. The molecule has 0 saturated carbocycles. The van der Waals surface area contributed by atoms with Gasteiger partial charge in [-0.2, -0.15) is 0 Å². The summed E-state index contributed by atoms with van der Waals surface area (Å²) in [5, 5.41) is 0. The van der Waals surface area contributed by atoms with E-state index in [0.717, 1.165) is 64.2 Å². The van der Waals surface area contributed by atoms with Crippen LogP contribution in [0.2, 0.25) is 0 Å². The Kier molecular flexibility index (Phi) is 15.2. The lowest BCUT2D eigenvalue weighted by Gasteiger charge is -2.42. The van der Waals surface area contributed by atoms with Gasteiger partial charge in [0.15, 0.2) is 0 Å². The first-order chi connectivity index (χ1) is 12.4. The van der Waals surface area contributed by atoms with E-state index in [1.807, 2.05) is 0 Å². The van der Waals surface area contributed by atoms with Crippen LogP contribution in [0.3, 0.4) is 0 Å². The highest BCUT2D eigenvalue weighted by molar-refractivity contribution is 7.46. The quantitative estimate of drug-likeness (QED) is 0.210. The van der Waals surface area contributed by atoms with E-state index in [1.165, 1.54) is 0 Å². The molecule has 0 fully saturated rings. The van der Waals surface area contributed by atoms with Gasteiger partial charge >= 0.3 is 7.82 Å². The average Bonchev–Trinajstić information content (AvgIpc) is 2.52. The molecule has 0 radical (unpaired) electrons. The third-order valence-electron chi connectivity index (χ3n) is 5.48. The van der Waals surface area contributed by atoms with Crippen molar-refractivity contribution >= 4 is 7.82 Å². The fraction of sp³-hybridized carbons (Fsp3) is 1.00. The molecule has 6 nitrogen and oxygen atoms in total. The number of phosphoric ester groups is 1. The largest absolute Gasteiger partial charge is 0.470 e. The summed E-state index contributed by atoms with van der Waals surface area (Å²) in [5.74, 6) is 0.874. The Bertz CT molecular complexity index is 417. The van der Waals surface area contributed by atoms with Crippen molar-refractivity contribution < 1.29 is 23.4 Å². The maximum absolute atomic E-state index is 12.0. The van der Waals surface area contributed by atoms with E-state index in [0.29, 0.717) is 22.9 Å². The van der Waals surface area contributed by atoms with Gasteiger partial charge in [0.2, 0.25) is 0 Å². The predicted octanol–water partition coefficient (Wildman–Crippen LogP) is 5.92. The molecule has 0 heterocycles. The molecule has 0 saturated heterocycles. The Labute approximate surface area is 174 Å². The van der Waals surface area contributed by atoms with Gasteiger partial charge in [-0.05, 0) is 24.7 Å². The first-order valence-corrected chi connectivity index (χ1v) is 12.5. The highest BCUT2D eigenvalue weighted by Gasteiger charge is 2.44. The molecular formula is C21H50N2O4P+. The Morgan fingerprint density at radius 1 is 0.893 bits per heavy atom. The van der Waals surface area contributed by atoms with E-state index < -0.39 is 13.4 Å². The normalized spacial score (nSPS) is 16.9. The van der Waals surface area contributed by atoms with Crippen molar-refractivity contribution in [3.8, 4) is 0 Å². The number of hydrogen-bond donors (Lipinski definition) is 3. The van der Waals surface area contributed by atoms with Gasteiger partial charge in [0, 0.05) is 0 Å². The van der Waals surface area contributed by atoms with Crippen LogP contribution >= 0.6 is 7.82 Å². The summed E-state index contributed by atoms with van der Waals surface area (Å²) in [6, 6.07) is 0. The number of unbranched alkanes of at least 4 members (excludes halogenated alkanes) is 2. The molecular weight excluding hydrogens is 375 g/mol. The minimum Gasteiger partial charge on any atom is -0.344 e. The van der Waals surface area contributed by atoms with Crippen molar-refractivity contribution in [3.63, 3.8) is 0 Å².